The van der Waals surface area contributed by atoms with Gasteiger partial charge in [0.25, 0.3) is 0 Å². The molecule has 0 aromatic carbocycles. The molecule has 0 spiro atoms. The number of likely N-dealkylation sites (tertiary alicyclic amines) is 1. The van der Waals surface area contributed by atoms with Crippen LogP contribution in [0.4, 0.5) is 0 Å². The zero-order valence-electron chi connectivity index (χ0n) is 10.0. The number of aromatic nitrogens is 1. The molecule has 1 aliphatic rings. The quantitative estimate of drug-likeness (QED) is 0.847. The number of halogens is 2. The summed E-state index contributed by atoms with van der Waals surface area (Å²) < 4.78 is 5.72. The van der Waals surface area contributed by atoms with Gasteiger partial charge < -0.3 is 4.74 Å². The maximum Gasteiger partial charge on any atom is 0.137 e. The molecule has 0 N–H and O–H groups in total. The summed E-state index contributed by atoms with van der Waals surface area (Å²) in [5.74, 6) is 0.875. The summed E-state index contributed by atoms with van der Waals surface area (Å²) in [7, 11) is 0. The summed E-state index contributed by atoms with van der Waals surface area (Å²) in [6, 6.07) is 4.45. The molecule has 2 rings (SSSR count). The maximum absolute atomic E-state index is 5.72. The largest absolute Gasteiger partial charge is 0.490 e. The first-order valence-corrected chi connectivity index (χ1v) is 5.67. The molecule has 5 heteroatoms. The van der Waals surface area contributed by atoms with Crippen molar-refractivity contribution in [2.75, 3.05) is 19.7 Å². The Hall–Kier alpha value is -0.510. The fraction of sp³-hybridized carbons (Fsp3) is 0.583. The first-order chi connectivity index (χ1) is 7.40. The third-order valence-electron chi connectivity index (χ3n) is 2.98. The van der Waals surface area contributed by atoms with Gasteiger partial charge in [-0.1, -0.05) is 6.92 Å². The Bertz CT molecular complexity index is 298. The Labute approximate surface area is 115 Å². The lowest BCUT2D eigenvalue weighted by molar-refractivity contribution is 0.178. The molecular weight excluding hydrogens is 259 g/mol. The molecule has 1 fully saturated rings. The molecule has 1 atom stereocenters. The number of pyridine rings is 1. The highest BCUT2D eigenvalue weighted by atomic mass is 35.5. The van der Waals surface area contributed by atoms with Gasteiger partial charge in [-0.2, -0.15) is 0 Å². The minimum absolute atomic E-state index is 0. The van der Waals surface area contributed by atoms with E-state index < -0.39 is 0 Å². The van der Waals surface area contributed by atoms with Gasteiger partial charge in [0, 0.05) is 12.2 Å². The molecule has 0 bridgehead atoms. The van der Waals surface area contributed by atoms with E-state index in [1.165, 1.54) is 19.4 Å². The summed E-state index contributed by atoms with van der Waals surface area (Å²) in [6.45, 7) is 5.35. The molecular formula is C12H20Cl2N2O. The average Bonchev–Trinajstić information content (AvgIpc) is 2.75. The highest BCUT2D eigenvalue weighted by molar-refractivity contribution is 5.85. The minimum atomic E-state index is 0. The second kappa shape index (κ2) is 8.56. The van der Waals surface area contributed by atoms with Crippen LogP contribution in [-0.2, 0) is 0 Å². The second-order valence-electron chi connectivity index (χ2n) is 3.92. The van der Waals surface area contributed by atoms with E-state index in [0.717, 1.165) is 18.9 Å². The topological polar surface area (TPSA) is 25.4 Å². The molecule has 3 nitrogen and oxygen atoms in total. The van der Waals surface area contributed by atoms with E-state index in [0.29, 0.717) is 6.04 Å². The van der Waals surface area contributed by atoms with Gasteiger partial charge in [-0.05, 0) is 38.1 Å². The number of hydrogen-bond donors (Lipinski definition) is 0. The van der Waals surface area contributed by atoms with Crippen molar-refractivity contribution in [3.63, 3.8) is 0 Å². The van der Waals surface area contributed by atoms with Crippen LogP contribution in [0.15, 0.2) is 24.5 Å². The number of hydrogen-bond acceptors (Lipinski definition) is 3. The molecule has 2 heterocycles. The van der Waals surface area contributed by atoms with Crippen LogP contribution >= 0.6 is 24.8 Å². The molecule has 17 heavy (non-hydrogen) atoms. The second-order valence-corrected chi connectivity index (χ2v) is 3.92. The highest BCUT2D eigenvalue weighted by Crippen LogP contribution is 2.17. The van der Waals surface area contributed by atoms with E-state index in [-0.39, 0.29) is 24.8 Å². The highest BCUT2D eigenvalue weighted by Gasteiger charge is 2.23. The smallest absolute Gasteiger partial charge is 0.137 e. The van der Waals surface area contributed by atoms with Crippen LogP contribution < -0.4 is 4.74 Å². The zero-order valence-corrected chi connectivity index (χ0v) is 11.7. The van der Waals surface area contributed by atoms with Crippen molar-refractivity contribution in [1.82, 2.24) is 9.88 Å². The van der Waals surface area contributed by atoms with Crippen LogP contribution in [0, 0.1) is 0 Å². The first kappa shape index (κ1) is 16.5. The Balaban J connectivity index is 0.00000128. The number of ether oxygens (including phenoxy) is 1. The lowest BCUT2D eigenvalue weighted by Crippen LogP contribution is -2.33. The molecule has 0 saturated carbocycles. The van der Waals surface area contributed by atoms with E-state index in [1.807, 2.05) is 12.1 Å². The minimum Gasteiger partial charge on any atom is -0.490 e. The third kappa shape index (κ3) is 4.70. The van der Waals surface area contributed by atoms with E-state index in [1.54, 1.807) is 12.4 Å². The van der Waals surface area contributed by atoms with E-state index in [9.17, 15) is 0 Å². The Morgan fingerprint density at radius 2 is 2.29 bits per heavy atom. The van der Waals surface area contributed by atoms with Crippen molar-refractivity contribution in [1.29, 1.82) is 0 Å². The Morgan fingerprint density at radius 1 is 1.47 bits per heavy atom. The van der Waals surface area contributed by atoms with Crippen LogP contribution in [0.25, 0.3) is 0 Å². The molecule has 1 aromatic rings. The van der Waals surface area contributed by atoms with Crippen molar-refractivity contribution in [3.8, 4) is 5.75 Å². The summed E-state index contributed by atoms with van der Waals surface area (Å²) >= 11 is 0. The average molecular weight is 279 g/mol. The monoisotopic (exact) mass is 278 g/mol. The van der Waals surface area contributed by atoms with E-state index in [4.69, 9.17) is 4.74 Å². The van der Waals surface area contributed by atoms with Gasteiger partial charge in [0.2, 0.25) is 0 Å². The summed E-state index contributed by atoms with van der Waals surface area (Å²) in [5.41, 5.74) is 0. The predicted octanol–water partition coefficient (Wildman–Crippen LogP) is 2.79. The molecule has 0 amide bonds. The van der Waals surface area contributed by atoms with Crippen molar-refractivity contribution in [3.05, 3.63) is 24.5 Å². The van der Waals surface area contributed by atoms with Crippen LogP contribution in [0.5, 0.6) is 5.75 Å². The molecule has 1 aliphatic heterocycles. The standard InChI is InChI=1S/C12H18N2O.2ClH/c1-2-14-8-4-5-11(14)10-15-12-6-3-7-13-9-12;;/h3,6-7,9,11H,2,4-5,8,10H2,1H3;2*1H/t11-;;/m0../s1. The maximum atomic E-state index is 5.72. The van der Waals surface area contributed by atoms with Gasteiger partial charge in [0.05, 0.1) is 6.20 Å². The number of rotatable bonds is 4. The molecule has 1 aromatic heterocycles. The molecule has 0 aliphatic carbocycles. The normalized spacial score (nSPS) is 19.2. The van der Waals surface area contributed by atoms with Crippen molar-refractivity contribution >= 4 is 24.8 Å². The van der Waals surface area contributed by atoms with Gasteiger partial charge in [-0.3, -0.25) is 9.88 Å². The van der Waals surface area contributed by atoms with Gasteiger partial charge in [0.15, 0.2) is 0 Å². The Morgan fingerprint density at radius 3 is 2.94 bits per heavy atom. The molecule has 98 valence electrons. The SMILES string of the molecule is CCN1CCC[C@H]1COc1cccnc1.Cl.Cl. The van der Waals surface area contributed by atoms with Gasteiger partial charge in [-0.25, -0.2) is 0 Å². The zero-order chi connectivity index (χ0) is 10.5. The predicted molar refractivity (Wildman–Crippen MR) is 74.5 cm³/mol. The number of nitrogens with zero attached hydrogens (tertiary/aromatic N) is 2. The number of likely N-dealkylation sites (N-methyl/N-ethyl adjacent to an activating group) is 1. The van der Waals surface area contributed by atoms with Crippen molar-refractivity contribution in [2.24, 2.45) is 0 Å². The van der Waals surface area contributed by atoms with Crippen molar-refractivity contribution < 1.29 is 4.74 Å². The van der Waals surface area contributed by atoms with Crippen molar-refractivity contribution in [2.45, 2.75) is 25.8 Å². The van der Waals surface area contributed by atoms with E-state index >= 15 is 0 Å². The van der Waals surface area contributed by atoms with Gasteiger partial charge in [-0.15, -0.1) is 24.8 Å². The van der Waals surface area contributed by atoms with E-state index in [2.05, 4.69) is 16.8 Å². The first-order valence-electron chi connectivity index (χ1n) is 5.67. The summed E-state index contributed by atoms with van der Waals surface area (Å²) in [4.78, 5) is 6.51. The molecule has 0 unspecified atom stereocenters. The fourth-order valence-electron chi connectivity index (χ4n) is 2.13. The van der Waals surface area contributed by atoms with Crippen LogP contribution in [0.1, 0.15) is 19.8 Å². The van der Waals surface area contributed by atoms with Crippen LogP contribution in [0.3, 0.4) is 0 Å². The van der Waals surface area contributed by atoms with Crippen LogP contribution in [0.2, 0.25) is 0 Å². The fourth-order valence-corrected chi connectivity index (χ4v) is 2.13. The summed E-state index contributed by atoms with van der Waals surface area (Å²) in [5, 5.41) is 0. The van der Waals surface area contributed by atoms with Gasteiger partial charge >= 0.3 is 0 Å². The van der Waals surface area contributed by atoms with Crippen LogP contribution in [-0.4, -0.2) is 35.6 Å². The molecule has 1 saturated heterocycles. The Kier molecular flexibility index (Phi) is 8.30. The lowest BCUT2D eigenvalue weighted by atomic mass is 10.2. The summed E-state index contributed by atoms with van der Waals surface area (Å²) in [6.07, 6.45) is 6.09. The lowest BCUT2D eigenvalue weighted by Gasteiger charge is -2.22. The third-order valence-corrected chi connectivity index (χ3v) is 2.98. The molecule has 0 radical (unpaired) electrons. The van der Waals surface area contributed by atoms with Gasteiger partial charge in [0.1, 0.15) is 12.4 Å².